The molecule has 0 aromatic carbocycles. The van der Waals surface area contributed by atoms with Crippen molar-refractivity contribution >= 4 is 29.8 Å². The van der Waals surface area contributed by atoms with Crippen molar-refractivity contribution in [3.05, 3.63) is 0 Å². The number of esters is 4. The van der Waals surface area contributed by atoms with Gasteiger partial charge in [0.25, 0.3) is 5.97 Å². The zero-order valence-corrected chi connectivity index (χ0v) is 21.2. The molecule has 4 fully saturated rings. The van der Waals surface area contributed by atoms with Crippen LogP contribution in [0.4, 0.5) is 0 Å². The van der Waals surface area contributed by atoms with Gasteiger partial charge >= 0.3 is 23.9 Å². The lowest BCUT2D eigenvalue weighted by Gasteiger charge is -1.93. The van der Waals surface area contributed by atoms with Crippen molar-refractivity contribution in [1.82, 2.24) is 0 Å². The third kappa shape index (κ3) is 33.4. The minimum Gasteiger partial charge on any atom is -0.481 e. The van der Waals surface area contributed by atoms with Crippen molar-refractivity contribution in [1.29, 1.82) is 0 Å². The molecule has 14 heteroatoms. The van der Waals surface area contributed by atoms with E-state index in [1.54, 1.807) is 0 Å². The van der Waals surface area contributed by atoms with Gasteiger partial charge in [-0.1, -0.05) is 0 Å². The highest BCUT2D eigenvalue weighted by Gasteiger charge is 2.24. The molecule has 0 amide bonds. The summed E-state index contributed by atoms with van der Waals surface area (Å²) in [5.74, 6) is -1.78. The molecule has 0 radical (unpaired) electrons. The average Bonchev–Trinajstić information content (AvgIpc) is 3.65. The summed E-state index contributed by atoms with van der Waals surface area (Å²) in [7, 11) is 0. The third-order valence-electron chi connectivity index (χ3n) is 3.50. The van der Waals surface area contributed by atoms with E-state index >= 15 is 0 Å². The first-order valence-electron chi connectivity index (χ1n) is 11.1. The van der Waals surface area contributed by atoms with Gasteiger partial charge in [-0.15, -0.1) is 0 Å². The fourth-order valence-corrected chi connectivity index (χ4v) is 1.50. The number of rotatable bonds is 8. The van der Waals surface area contributed by atoms with Crippen molar-refractivity contribution in [2.45, 2.75) is 59.0 Å². The summed E-state index contributed by atoms with van der Waals surface area (Å²) < 4.78 is 37.5. The van der Waals surface area contributed by atoms with Gasteiger partial charge in [-0.3, -0.25) is 24.0 Å². The lowest BCUT2D eigenvalue weighted by molar-refractivity contribution is -0.142. The normalized spacial score (nSPS) is 22.8. The van der Waals surface area contributed by atoms with Crippen molar-refractivity contribution in [2.24, 2.45) is 0 Å². The van der Waals surface area contributed by atoms with Crippen LogP contribution in [0.5, 0.6) is 0 Å². The van der Waals surface area contributed by atoms with Gasteiger partial charge in [0.1, 0.15) is 50.8 Å². The maximum atomic E-state index is 10.1. The Hall–Kier alpha value is -2.81. The van der Waals surface area contributed by atoms with E-state index in [9.17, 15) is 19.2 Å². The lowest BCUT2D eigenvalue weighted by Crippen LogP contribution is -2.05. The molecular weight excluding hydrogens is 488 g/mol. The van der Waals surface area contributed by atoms with Crippen LogP contribution in [0.25, 0.3) is 0 Å². The molecule has 0 spiro atoms. The molecule has 14 nitrogen and oxygen atoms in total. The first-order chi connectivity index (χ1) is 16.9. The first-order valence-corrected chi connectivity index (χ1v) is 11.1. The van der Waals surface area contributed by atoms with E-state index in [0.29, 0.717) is 26.4 Å². The Balaban J connectivity index is 0.000000433. The quantitative estimate of drug-likeness (QED) is 0.251. The van der Waals surface area contributed by atoms with Gasteiger partial charge in [0.05, 0.1) is 26.4 Å². The van der Waals surface area contributed by atoms with Crippen molar-refractivity contribution in [3.8, 4) is 0 Å². The maximum Gasteiger partial charge on any atom is 0.302 e. The van der Waals surface area contributed by atoms with E-state index in [2.05, 4.69) is 18.9 Å². The highest BCUT2D eigenvalue weighted by Crippen LogP contribution is 2.09. The molecule has 1 N–H and O–H groups in total. The van der Waals surface area contributed by atoms with E-state index in [1.807, 2.05) is 0 Å². The standard InChI is InChI=1S/4C5H8O3.C2H4O2/c4*1-4(6)7-2-5-3-8-5;1-2(3)4/h4*5H,2-3H2,1H3;1H3,(H,3,4). The molecule has 0 aromatic rings. The molecule has 0 aromatic heterocycles. The summed E-state index contributed by atoms with van der Waals surface area (Å²) in [5.41, 5.74) is 0. The van der Waals surface area contributed by atoms with Gasteiger partial charge in [0.2, 0.25) is 0 Å². The van der Waals surface area contributed by atoms with E-state index in [-0.39, 0.29) is 48.3 Å². The predicted molar refractivity (Wildman–Crippen MR) is 119 cm³/mol. The Labute approximate surface area is 209 Å². The lowest BCUT2D eigenvalue weighted by atomic mass is 10.5. The fourth-order valence-electron chi connectivity index (χ4n) is 1.50. The molecular formula is C22H36O14. The van der Waals surface area contributed by atoms with Crippen LogP contribution in [0.3, 0.4) is 0 Å². The molecule has 4 aliphatic heterocycles. The summed E-state index contributed by atoms with van der Waals surface area (Å²) in [5, 5.41) is 7.42. The second-order valence-electron chi connectivity index (χ2n) is 7.55. The Morgan fingerprint density at radius 1 is 0.528 bits per heavy atom. The number of carboxylic acid groups (broad SMARTS) is 1. The largest absolute Gasteiger partial charge is 0.481 e. The molecule has 4 heterocycles. The summed E-state index contributed by atoms with van der Waals surface area (Å²) in [6.45, 7) is 11.3. The van der Waals surface area contributed by atoms with Crippen LogP contribution >= 0.6 is 0 Å². The summed E-state index contributed by atoms with van der Waals surface area (Å²) >= 11 is 0. The van der Waals surface area contributed by atoms with Crippen LogP contribution in [0.15, 0.2) is 0 Å². The van der Waals surface area contributed by atoms with Gasteiger partial charge in [-0.05, 0) is 0 Å². The van der Waals surface area contributed by atoms with E-state index in [1.165, 1.54) is 27.7 Å². The van der Waals surface area contributed by atoms with Crippen LogP contribution in [-0.4, -0.2) is 112 Å². The van der Waals surface area contributed by atoms with Crippen LogP contribution in [-0.2, 0) is 61.9 Å². The summed E-state index contributed by atoms with van der Waals surface area (Å²) in [6, 6.07) is 0. The number of hydrogen-bond donors (Lipinski definition) is 1. The highest BCUT2D eigenvalue weighted by molar-refractivity contribution is 5.66. The molecule has 0 bridgehead atoms. The Morgan fingerprint density at radius 3 is 0.750 bits per heavy atom. The molecule has 0 aliphatic carbocycles. The van der Waals surface area contributed by atoms with Gasteiger partial charge < -0.3 is 43.0 Å². The smallest absolute Gasteiger partial charge is 0.302 e. The Kier molecular flexibility index (Phi) is 17.9. The number of carbonyl (C=O) groups excluding carboxylic acids is 4. The SMILES string of the molecule is CC(=O)O.CC(=O)OCC1CO1.CC(=O)OCC1CO1.CC(=O)OCC1CO1.CC(=O)OCC1CO1. The van der Waals surface area contributed by atoms with Gasteiger partial charge in [-0.2, -0.15) is 0 Å². The van der Waals surface area contributed by atoms with Crippen molar-refractivity contribution < 1.29 is 67.0 Å². The minimum atomic E-state index is -0.833. The molecule has 4 rings (SSSR count). The Bertz CT molecular complexity index is 570. The van der Waals surface area contributed by atoms with Gasteiger partial charge in [-0.25, -0.2) is 0 Å². The topological polar surface area (TPSA) is 193 Å². The molecule has 4 unspecified atom stereocenters. The molecule has 208 valence electrons. The highest BCUT2D eigenvalue weighted by atomic mass is 16.6. The van der Waals surface area contributed by atoms with Crippen LogP contribution in [0, 0.1) is 0 Å². The predicted octanol–water partition coefficient (Wildman–Crippen LogP) is -0.116. The monoisotopic (exact) mass is 524 g/mol. The number of epoxide rings is 4. The number of ether oxygens (including phenoxy) is 8. The van der Waals surface area contributed by atoms with E-state index in [4.69, 9.17) is 28.8 Å². The van der Waals surface area contributed by atoms with Crippen LogP contribution < -0.4 is 0 Å². The number of carbonyl (C=O) groups is 5. The summed E-state index contributed by atoms with van der Waals surface area (Å²) in [6.07, 6.45) is 0.774. The second kappa shape index (κ2) is 19.4. The third-order valence-corrected chi connectivity index (χ3v) is 3.50. The zero-order chi connectivity index (χ0) is 27.5. The van der Waals surface area contributed by atoms with Crippen molar-refractivity contribution in [2.75, 3.05) is 52.9 Å². The fraction of sp³-hybridized carbons (Fsp3) is 0.773. The zero-order valence-electron chi connectivity index (χ0n) is 21.2. The van der Waals surface area contributed by atoms with E-state index < -0.39 is 5.97 Å². The van der Waals surface area contributed by atoms with Gasteiger partial charge in [0, 0.05) is 34.6 Å². The Morgan fingerprint density at radius 2 is 0.667 bits per heavy atom. The summed E-state index contributed by atoms with van der Waals surface area (Å²) in [4.78, 5) is 49.4. The van der Waals surface area contributed by atoms with Gasteiger partial charge in [0.15, 0.2) is 0 Å². The molecule has 0 saturated carbocycles. The minimum absolute atomic E-state index is 0.193. The molecule has 4 saturated heterocycles. The van der Waals surface area contributed by atoms with Crippen LogP contribution in [0.1, 0.15) is 34.6 Å². The first kappa shape index (κ1) is 33.2. The number of hydrogen-bond acceptors (Lipinski definition) is 13. The number of aliphatic carboxylic acids is 1. The average molecular weight is 525 g/mol. The van der Waals surface area contributed by atoms with E-state index in [0.717, 1.165) is 33.4 Å². The molecule has 4 atom stereocenters. The maximum absolute atomic E-state index is 10.1. The van der Waals surface area contributed by atoms with Crippen molar-refractivity contribution in [3.63, 3.8) is 0 Å². The number of carboxylic acids is 1. The van der Waals surface area contributed by atoms with Crippen LogP contribution in [0.2, 0.25) is 0 Å². The molecule has 4 aliphatic rings. The molecule has 36 heavy (non-hydrogen) atoms. The second-order valence-corrected chi connectivity index (χ2v) is 7.55.